The summed E-state index contributed by atoms with van der Waals surface area (Å²) in [6.45, 7) is 6.68. The van der Waals surface area contributed by atoms with Crippen molar-refractivity contribution in [1.29, 1.82) is 0 Å². The first-order chi connectivity index (χ1) is 7.81. The van der Waals surface area contributed by atoms with Crippen molar-refractivity contribution in [2.75, 3.05) is 6.54 Å². The number of ether oxygens (including phenoxy) is 1. The average Bonchev–Trinajstić information content (AvgIpc) is 2.54. The Bertz CT molecular complexity index is 278. The molecule has 0 aromatic rings. The van der Waals surface area contributed by atoms with Crippen molar-refractivity contribution >= 4 is 0 Å². The summed E-state index contributed by atoms with van der Waals surface area (Å²) in [5.41, 5.74) is 4.82. The Labute approximate surface area is 105 Å². The highest BCUT2D eigenvalue weighted by molar-refractivity contribution is 5.08. The third-order valence-electron chi connectivity index (χ3n) is 4.39. The second-order valence-corrected chi connectivity index (χ2v) is 7.09. The van der Waals surface area contributed by atoms with Crippen LogP contribution >= 0.6 is 0 Å². The molecule has 0 amide bonds. The number of nitrogens with two attached hydrogens (primary N) is 1. The van der Waals surface area contributed by atoms with E-state index < -0.39 is 5.60 Å². The van der Waals surface area contributed by atoms with Crippen LogP contribution in [0, 0.1) is 5.41 Å². The van der Waals surface area contributed by atoms with Crippen molar-refractivity contribution in [2.24, 2.45) is 11.1 Å². The second kappa shape index (κ2) is 4.22. The first kappa shape index (κ1) is 13.3. The number of rotatable bonds is 1. The molecule has 3 heteroatoms. The van der Waals surface area contributed by atoms with Crippen molar-refractivity contribution in [3.63, 3.8) is 0 Å². The van der Waals surface area contributed by atoms with E-state index in [-0.39, 0.29) is 17.1 Å². The minimum absolute atomic E-state index is 0.0604. The molecule has 0 bridgehead atoms. The summed E-state index contributed by atoms with van der Waals surface area (Å²) in [5.74, 6) is 0. The van der Waals surface area contributed by atoms with E-state index in [2.05, 4.69) is 20.8 Å². The molecular weight excluding hydrogens is 214 g/mol. The minimum Gasteiger partial charge on any atom is -0.386 e. The van der Waals surface area contributed by atoms with Gasteiger partial charge in [-0.2, -0.15) is 0 Å². The molecule has 0 aromatic heterocycles. The Hall–Kier alpha value is -0.120. The monoisotopic (exact) mass is 241 g/mol. The quantitative estimate of drug-likeness (QED) is 0.740. The van der Waals surface area contributed by atoms with Gasteiger partial charge in [0, 0.05) is 13.0 Å². The first-order valence-corrected chi connectivity index (χ1v) is 6.92. The summed E-state index contributed by atoms with van der Waals surface area (Å²) in [4.78, 5) is 0. The van der Waals surface area contributed by atoms with Crippen LogP contribution in [-0.4, -0.2) is 29.0 Å². The maximum absolute atomic E-state index is 10.8. The molecule has 3 nitrogen and oxygen atoms in total. The van der Waals surface area contributed by atoms with Gasteiger partial charge < -0.3 is 15.6 Å². The smallest absolute Gasteiger partial charge is 0.106 e. The Morgan fingerprint density at radius 3 is 2.24 bits per heavy atom. The zero-order valence-electron chi connectivity index (χ0n) is 11.5. The van der Waals surface area contributed by atoms with E-state index in [4.69, 9.17) is 10.5 Å². The molecule has 2 aliphatic rings. The molecule has 100 valence electrons. The topological polar surface area (TPSA) is 55.5 Å². The molecule has 2 fully saturated rings. The summed E-state index contributed by atoms with van der Waals surface area (Å²) in [5, 5.41) is 10.8. The number of hydrogen-bond acceptors (Lipinski definition) is 3. The van der Waals surface area contributed by atoms with Crippen LogP contribution in [-0.2, 0) is 4.74 Å². The van der Waals surface area contributed by atoms with E-state index in [1.165, 1.54) is 19.3 Å². The summed E-state index contributed by atoms with van der Waals surface area (Å²) >= 11 is 0. The van der Waals surface area contributed by atoms with Gasteiger partial charge in [0.2, 0.25) is 0 Å². The van der Waals surface area contributed by atoms with Crippen LogP contribution in [0.4, 0.5) is 0 Å². The lowest BCUT2D eigenvalue weighted by atomic mass is 9.74. The van der Waals surface area contributed by atoms with Crippen LogP contribution in [0.5, 0.6) is 0 Å². The lowest BCUT2D eigenvalue weighted by Gasteiger charge is -2.37. The lowest BCUT2D eigenvalue weighted by molar-refractivity contribution is -0.129. The van der Waals surface area contributed by atoms with Gasteiger partial charge in [-0.25, -0.2) is 0 Å². The summed E-state index contributed by atoms with van der Waals surface area (Å²) in [6.07, 6.45) is 6.49. The van der Waals surface area contributed by atoms with Gasteiger partial charge in [0.15, 0.2) is 0 Å². The van der Waals surface area contributed by atoms with Gasteiger partial charge in [-0.15, -0.1) is 0 Å². The summed E-state index contributed by atoms with van der Waals surface area (Å²) < 4.78 is 6.33. The van der Waals surface area contributed by atoms with E-state index in [1.54, 1.807) is 0 Å². The molecule has 0 radical (unpaired) electrons. The third-order valence-corrected chi connectivity index (χ3v) is 4.39. The molecule has 17 heavy (non-hydrogen) atoms. The maximum Gasteiger partial charge on any atom is 0.106 e. The lowest BCUT2D eigenvalue weighted by Crippen LogP contribution is -2.51. The molecule has 1 saturated carbocycles. The highest BCUT2D eigenvalue weighted by Gasteiger charge is 2.57. The molecule has 1 aliphatic heterocycles. The van der Waals surface area contributed by atoms with Crippen LogP contribution in [0.15, 0.2) is 0 Å². The van der Waals surface area contributed by atoms with Crippen LogP contribution in [0.2, 0.25) is 0 Å². The molecule has 2 rings (SSSR count). The largest absolute Gasteiger partial charge is 0.386 e. The molecule has 1 spiro atoms. The molecule has 1 heterocycles. The summed E-state index contributed by atoms with van der Waals surface area (Å²) in [6, 6.07) is 0. The third kappa shape index (κ3) is 2.38. The van der Waals surface area contributed by atoms with Gasteiger partial charge in [-0.3, -0.25) is 0 Å². The normalized spacial score (nSPS) is 37.6. The predicted molar refractivity (Wildman–Crippen MR) is 68.8 cm³/mol. The standard InChI is InChI=1S/C14H27NO2/c1-12(2,3)11-14(16,10-15)9-13(17-11)7-5-4-6-8-13/h11,16H,4-10,15H2,1-3H3. The van der Waals surface area contributed by atoms with Gasteiger partial charge in [0.25, 0.3) is 0 Å². The van der Waals surface area contributed by atoms with Gasteiger partial charge in [0.1, 0.15) is 5.60 Å². The maximum atomic E-state index is 10.8. The van der Waals surface area contributed by atoms with Crippen molar-refractivity contribution in [3.05, 3.63) is 0 Å². The van der Waals surface area contributed by atoms with Crippen LogP contribution in [0.3, 0.4) is 0 Å². The van der Waals surface area contributed by atoms with Crippen molar-refractivity contribution in [1.82, 2.24) is 0 Å². The highest BCUT2D eigenvalue weighted by atomic mass is 16.5. The van der Waals surface area contributed by atoms with Crippen molar-refractivity contribution in [2.45, 2.75) is 76.6 Å². The van der Waals surface area contributed by atoms with Gasteiger partial charge in [-0.05, 0) is 18.3 Å². The molecule has 2 unspecified atom stereocenters. The molecule has 0 aromatic carbocycles. The number of hydrogen-bond donors (Lipinski definition) is 2. The van der Waals surface area contributed by atoms with E-state index in [0.717, 1.165) is 19.3 Å². The van der Waals surface area contributed by atoms with Crippen LogP contribution in [0.1, 0.15) is 59.3 Å². The van der Waals surface area contributed by atoms with Gasteiger partial charge >= 0.3 is 0 Å². The first-order valence-electron chi connectivity index (χ1n) is 6.92. The highest BCUT2D eigenvalue weighted by Crippen LogP contribution is 2.50. The van der Waals surface area contributed by atoms with E-state index in [1.807, 2.05) is 0 Å². The van der Waals surface area contributed by atoms with E-state index >= 15 is 0 Å². The zero-order chi connectivity index (χ0) is 12.7. The minimum atomic E-state index is -0.838. The molecular formula is C14H27NO2. The Balaban J connectivity index is 2.22. The van der Waals surface area contributed by atoms with Crippen molar-refractivity contribution in [3.8, 4) is 0 Å². The van der Waals surface area contributed by atoms with Crippen LogP contribution in [0.25, 0.3) is 0 Å². The number of aliphatic hydroxyl groups is 1. The van der Waals surface area contributed by atoms with Crippen LogP contribution < -0.4 is 5.73 Å². The van der Waals surface area contributed by atoms with E-state index in [0.29, 0.717) is 6.54 Å². The molecule has 2 atom stereocenters. The van der Waals surface area contributed by atoms with Gasteiger partial charge in [0.05, 0.1) is 11.7 Å². The SMILES string of the molecule is CC(C)(C)C1OC2(CCCCC2)CC1(O)CN. The van der Waals surface area contributed by atoms with E-state index in [9.17, 15) is 5.11 Å². The zero-order valence-corrected chi connectivity index (χ0v) is 11.5. The fourth-order valence-corrected chi connectivity index (χ4v) is 3.70. The Morgan fingerprint density at radius 2 is 1.82 bits per heavy atom. The van der Waals surface area contributed by atoms with Gasteiger partial charge in [-0.1, -0.05) is 40.0 Å². The predicted octanol–water partition coefficient (Wildman–Crippen LogP) is 2.21. The summed E-state index contributed by atoms with van der Waals surface area (Å²) in [7, 11) is 0. The Morgan fingerprint density at radius 1 is 1.24 bits per heavy atom. The average molecular weight is 241 g/mol. The fraction of sp³-hybridized carbons (Fsp3) is 1.00. The Kier molecular flexibility index (Phi) is 3.30. The molecule has 1 saturated heterocycles. The fourth-order valence-electron chi connectivity index (χ4n) is 3.70. The molecule has 3 N–H and O–H groups in total. The molecule has 1 aliphatic carbocycles. The van der Waals surface area contributed by atoms with Crippen molar-refractivity contribution < 1.29 is 9.84 Å². The second-order valence-electron chi connectivity index (χ2n) is 7.09.